The van der Waals surface area contributed by atoms with Crippen LogP contribution in [0.25, 0.3) is 0 Å². The van der Waals surface area contributed by atoms with E-state index in [0.29, 0.717) is 0 Å². The molecule has 0 aliphatic carbocycles. The normalized spacial score (nSPS) is 7.43. The van der Waals surface area contributed by atoms with E-state index in [9.17, 15) is 0 Å². The van der Waals surface area contributed by atoms with Gasteiger partial charge >= 0.3 is 0 Å². The van der Waals surface area contributed by atoms with Crippen molar-refractivity contribution in [1.29, 1.82) is 10.5 Å². The summed E-state index contributed by atoms with van der Waals surface area (Å²) >= 11 is 0. The Balaban J connectivity index is 3.50. The molecule has 0 fully saturated rings. The molecule has 0 aliphatic rings. The molecular formula is C3H3N2OP. The van der Waals surface area contributed by atoms with Crippen molar-refractivity contribution in [3.05, 3.63) is 0 Å². The zero-order valence-corrected chi connectivity index (χ0v) is 4.64. The molecule has 0 heterocycles. The van der Waals surface area contributed by atoms with E-state index in [1.807, 2.05) is 0 Å². The van der Waals surface area contributed by atoms with Crippen molar-refractivity contribution < 1.29 is 4.52 Å². The van der Waals surface area contributed by atoms with Crippen molar-refractivity contribution >= 4 is 8.15 Å². The van der Waals surface area contributed by atoms with Crippen LogP contribution in [0.1, 0.15) is 0 Å². The fraction of sp³-hybridized carbons (Fsp3) is 0.333. The molecule has 0 amide bonds. The van der Waals surface area contributed by atoms with Crippen molar-refractivity contribution in [3.8, 4) is 11.6 Å². The maximum absolute atomic E-state index is 7.96. The summed E-state index contributed by atoms with van der Waals surface area (Å²) in [6.45, 7) is 0. The van der Waals surface area contributed by atoms with Crippen LogP contribution < -0.4 is 0 Å². The van der Waals surface area contributed by atoms with Gasteiger partial charge in [0.2, 0.25) is 8.15 Å². The summed E-state index contributed by atoms with van der Waals surface area (Å²) < 4.78 is 4.39. The summed E-state index contributed by atoms with van der Waals surface area (Å²) in [6, 6.07) is 0. The van der Waals surface area contributed by atoms with Gasteiger partial charge < -0.3 is 4.52 Å². The summed E-state index contributed by atoms with van der Waals surface area (Å²) in [5.74, 6) is 3.37. The van der Waals surface area contributed by atoms with Crippen LogP contribution in [0.4, 0.5) is 0 Å². The minimum absolute atomic E-state index is 1.35. The second kappa shape index (κ2) is 3.56. The fourth-order valence-corrected chi connectivity index (χ4v) is 0.312. The van der Waals surface area contributed by atoms with E-state index in [-0.39, 0.29) is 0 Å². The molecule has 0 bridgehead atoms. The van der Waals surface area contributed by atoms with Gasteiger partial charge in [-0.2, -0.15) is 10.5 Å². The first-order valence-electron chi connectivity index (χ1n) is 1.49. The lowest BCUT2D eigenvalue weighted by Crippen LogP contribution is -1.65. The summed E-state index contributed by atoms with van der Waals surface area (Å²) in [5.41, 5.74) is 0. The van der Waals surface area contributed by atoms with Crippen molar-refractivity contribution in [1.82, 2.24) is 0 Å². The molecule has 0 aliphatic heterocycles. The Hall–Kier alpha value is -0.630. The second-order valence-corrected chi connectivity index (χ2v) is 2.03. The number of nitriles is 2. The fourth-order valence-electron chi connectivity index (χ4n) is 0.104. The monoisotopic (exact) mass is 114 g/mol. The van der Waals surface area contributed by atoms with Gasteiger partial charge in [0.1, 0.15) is 11.6 Å². The quantitative estimate of drug-likeness (QED) is 0.477. The Bertz CT molecular complexity index is 108. The predicted octanol–water partition coefficient (Wildman–Crippen LogP) is 0.992. The minimum atomic E-state index is -1.44. The first-order chi connectivity index (χ1) is 3.35. The summed E-state index contributed by atoms with van der Waals surface area (Å²) in [7, 11) is -0.0975. The summed E-state index contributed by atoms with van der Waals surface area (Å²) in [4.78, 5) is 0. The van der Waals surface area contributed by atoms with E-state index in [1.165, 1.54) is 7.11 Å². The maximum Gasteiger partial charge on any atom is 0.245 e. The van der Waals surface area contributed by atoms with Gasteiger partial charge in [0.25, 0.3) is 0 Å². The molecule has 0 atom stereocenters. The molecule has 3 nitrogen and oxygen atoms in total. The van der Waals surface area contributed by atoms with Crippen LogP contribution in [0, 0.1) is 22.1 Å². The van der Waals surface area contributed by atoms with Crippen LogP contribution in [0.15, 0.2) is 0 Å². The molecule has 0 unspecified atom stereocenters. The molecule has 7 heavy (non-hydrogen) atoms. The van der Waals surface area contributed by atoms with E-state index in [2.05, 4.69) is 4.52 Å². The minimum Gasteiger partial charge on any atom is -0.337 e. The van der Waals surface area contributed by atoms with Crippen LogP contribution in [-0.4, -0.2) is 7.11 Å². The zero-order valence-electron chi connectivity index (χ0n) is 3.75. The lowest BCUT2D eigenvalue weighted by atomic mass is 11.7. The smallest absolute Gasteiger partial charge is 0.245 e. The summed E-state index contributed by atoms with van der Waals surface area (Å²) in [6.07, 6.45) is 0. The number of rotatable bonds is 1. The molecule has 4 heteroatoms. The van der Waals surface area contributed by atoms with Crippen LogP contribution >= 0.6 is 8.15 Å². The van der Waals surface area contributed by atoms with E-state index in [1.54, 1.807) is 11.6 Å². The molecule has 0 aromatic heterocycles. The highest BCUT2D eigenvalue weighted by Gasteiger charge is 1.98. The van der Waals surface area contributed by atoms with Crippen molar-refractivity contribution in [2.45, 2.75) is 0 Å². The Labute approximate surface area is 43.0 Å². The highest BCUT2D eigenvalue weighted by Crippen LogP contribution is 2.30. The number of hydrogen-bond donors (Lipinski definition) is 0. The van der Waals surface area contributed by atoms with E-state index in [0.717, 1.165) is 0 Å². The number of hydrogen-bond acceptors (Lipinski definition) is 3. The van der Waals surface area contributed by atoms with Crippen LogP contribution in [0.2, 0.25) is 0 Å². The Morgan fingerprint density at radius 1 is 1.43 bits per heavy atom. The van der Waals surface area contributed by atoms with E-state index >= 15 is 0 Å². The number of nitrogens with zero attached hydrogens (tertiary/aromatic N) is 2. The molecule has 0 spiro atoms. The van der Waals surface area contributed by atoms with E-state index < -0.39 is 8.15 Å². The standard InChI is InChI=1S/C3H3N2OP/c1-6-7(2-4)3-5/h1H3. The highest BCUT2D eigenvalue weighted by molar-refractivity contribution is 7.62. The van der Waals surface area contributed by atoms with E-state index in [4.69, 9.17) is 10.5 Å². The zero-order chi connectivity index (χ0) is 5.70. The van der Waals surface area contributed by atoms with Crippen LogP contribution in [-0.2, 0) is 4.52 Å². The van der Waals surface area contributed by atoms with Gasteiger partial charge in [0.15, 0.2) is 0 Å². The Kier molecular flexibility index (Phi) is 3.24. The third kappa shape index (κ3) is 2.11. The van der Waals surface area contributed by atoms with Crippen molar-refractivity contribution in [2.75, 3.05) is 7.11 Å². The molecule has 0 saturated heterocycles. The third-order valence-electron chi connectivity index (χ3n) is 0.364. The molecule has 0 aromatic rings. The molecule has 0 N–H and O–H groups in total. The lowest BCUT2D eigenvalue weighted by Gasteiger charge is -1.86. The van der Waals surface area contributed by atoms with Gasteiger partial charge in [-0.1, -0.05) is 0 Å². The second-order valence-electron chi connectivity index (χ2n) is 0.677. The van der Waals surface area contributed by atoms with Crippen LogP contribution in [0.3, 0.4) is 0 Å². The molecule has 0 radical (unpaired) electrons. The average Bonchev–Trinajstić information content (AvgIpc) is 1.72. The van der Waals surface area contributed by atoms with Gasteiger partial charge in [-0.05, 0) is 0 Å². The first-order valence-corrected chi connectivity index (χ1v) is 2.74. The van der Waals surface area contributed by atoms with Crippen molar-refractivity contribution in [2.24, 2.45) is 0 Å². The summed E-state index contributed by atoms with van der Waals surface area (Å²) in [5, 5.41) is 15.9. The predicted molar refractivity (Wildman–Crippen MR) is 25.2 cm³/mol. The SMILES string of the molecule is COP(C#N)C#N. The lowest BCUT2D eigenvalue weighted by molar-refractivity contribution is 0.474. The molecule has 0 aromatic carbocycles. The first kappa shape index (κ1) is 6.37. The topological polar surface area (TPSA) is 56.8 Å². The van der Waals surface area contributed by atoms with Crippen molar-refractivity contribution in [3.63, 3.8) is 0 Å². The Morgan fingerprint density at radius 3 is 1.86 bits per heavy atom. The molecule has 0 rings (SSSR count). The average molecular weight is 114 g/mol. The molecule has 0 saturated carbocycles. The molecule has 36 valence electrons. The largest absolute Gasteiger partial charge is 0.337 e. The van der Waals surface area contributed by atoms with Gasteiger partial charge in [0, 0.05) is 7.11 Å². The van der Waals surface area contributed by atoms with Gasteiger partial charge in [-0.15, -0.1) is 0 Å². The van der Waals surface area contributed by atoms with Gasteiger partial charge in [-0.3, -0.25) is 0 Å². The van der Waals surface area contributed by atoms with Gasteiger partial charge in [-0.25, -0.2) is 0 Å². The molecular weight excluding hydrogens is 111 g/mol. The Morgan fingerprint density at radius 2 is 1.86 bits per heavy atom. The van der Waals surface area contributed by atoms with Crippen LogP contribution in [0.5, 0.6) is 0 Å². The third-order valence-corrected chi connectivity index (χ3v) is 1.09. The maximum atomic E-state index is 7.96. The van der Waals surface area contributed by atoms with Gasteiger partial charge in [0.05, 0.1) is 0 Å². The highest BCUT2D eigenvalue weighted by atomic mass is 31.1.